The average molecular weight is 211 g/mol. The van der Waals surface area contributed by atoms with Crippen LogP contribution in [0.15, 0.2) is 12.2 Å². The highest BCUT2D eigenvalue weighted by atomic mass is 19.4. The van der Waals surface area contributed by atoms with Crippen molar-refractivity contribution in [2.45, 2.75) is 38.2 Å². The predicted molar refractivity (Wildman–Crippen MR) is 45.4 cm³/mol. The molecule has 0 amide bonds. The molecule has 0 aromatic heterocycles. The lowest BCUT2D eigenvalue weighted by Gasteiger charge is -2.56. The lowest BCUT2D eigenvalue weighted by atomic mass is 9.54. The van der Waals surface area contributed by atoms with E-state index in [1.807, 2.05) is 0 Å². The van der Waals surface area contributed by atoms with Crippen LogP contribution in [0.1, 0.15) is 20.3 Å². The lowest BCUT2D eigenvalue weighted by Crippen LogP contribution is -2.66. The van der Waals surface area contributed by atoms with Crippen molar-refractivity contribution >= 4 is 0 Å². The fourth-order valence-electron chi connectivity index (χ4n) is 1.72. The van der Waals surface area contributed by atoms with Crippen molar-refractivity contribution in [2.75, 3.05) is 0 Å². The molecule has 82 valence electrons. The molecule has 0 heterocycles. The lowest BCUT2D eigenvalue weighted by molar-refractivity contribution is -0.154. The Kier molecular flexibility index (Phi) is 2.23. The molecule has 0 aliphatic heterocycles. The molecule has 0 radical (unpaired) electrons. The van der Waals surface area contributed by atoms with E-state index in [1.54, 1.807) is 0 Å². The summed E-state index contributed by atoms with van der Waals surface area (Å²) in [5.41, 5.74) is 0.535. The van der Waals surface area contributed by atoms with Gasteiger partial charge in [-0.2, -0.15) is 13.2 Å². The first-order chi connectivity index (χ1) is 6.03. The molecule has 1 aliphatic carbocycles. The van der Waals surface area contributed by atoms with Crippen molar-refractivity contribution in [2.24, 2.45) is 11.1 Å². The van der Waals surface area contributed by atoms with Gasteiger partial charge in [-0.3, -0.25) is 0 Å². The van der Waals surface area contributed by atoms with Crippen molar-refractivity contribution in [3.8, 4) is 0 Å². The van der Waals surface area contributed by atoms with Gasteiger partial charge in [0.05, 0.1) is 5.57 Å². The number of rotatable bonds is 1. The van der Waals surface area contributed by atoms with E-state index in [-0.39, 0.29) is 6.42 Å². The summed E-state index contributed by atoms with van der Waals surface area (Å²) in [5.74, 6) is 0. The van der Waals surface area contributed by atoms with Gasteiger partial charge >= 0.3 is 6.18 Å². The number of hydrogen-bond acceptors (Lipinski definition) is 1. The highest BCUT2D eigenvalue weighted by molar-refractivity contribution is 5.31. The molecule has 1 fully saturated rings. The second-order valence-electron chi connectivity index (χ2n) is 4.31. The van der Waals surface area contributed by atoms with Gasteiger partial charge in [-0.1, -0.05) is 20.4 Å². The Morgan fingerprint density at radius 3 is 2.07 bits per heavy atom. The first kappa shape index (κ1) is 11.5. The summed E-state index contributed by atoms with van der Waals surface area (Å²) in [4.78, 5) is 0. The van der Waals surface area contributed by atoms with E-state index in [1.165, 1.54) is 13.8 Å². The molecule has 1 rings (SSSR count). The monoisotopic (exact) mass is 211 g/mol. The normalized spacial score (nSPS) is 36.4. The average Bonchev–Trinajstić information content (AvgIpc) is 2.01. The van der Waals surface area contributed by atoms with E-state index in [9.17, 15) is 17.6 Å². The molecule has 0 aromatic rings. The molecular formula is C9H13F4N. The number of allylic oxidation sites excluding steroid dienone is 1. The summed E-state index contributed by atoms with van der Waals surface area (Å²) in [6, 6.07) is -0.549. The van der Waals surface area contributed by atoms with Crippen LogP contribution in [0.25, 0.3) is 0 Å². The van der Waals surface area contributed by atoms with Gasteiger partial charge in [0.15, 0.2) is 0 Å². The number of hydrogen-bond donors (Lipinski definition) is 1. The number of alkyl halides is 4. The van der Waals surface area contributed by atoms with Crippen LogP contribution in [0.5, 0.6) is 0 Å². The maximum atomic E-state index is 13.9. The summed E-state index contributed by atoms with van der Waals surface area (Å²) in [6.45, 7) is 5.57. The molecule has 14 heavy (non-hydrogen) atoms. The van der Waals surface area contributed by atoms with Gasteiger partial charge in [0.2, 0.25) is 0 Å². The van der Waals surface area contributed by atoms with Crippen LogP contribution in [0.4, 0.5) is 17.6 Å². The summed E-state index contributed by atoms with van der Waals surface area (Å²) in [5, 5.41) is 0. The summed E-state index contributed by atoms with van der Waals surface area (Å²) < 4.78 is 50.7. The van der Waals surface area contributed by atoms with Gasteiger partial charge < -0.3 is 5.73 Å². The maximum absolute atomic E-state index is 13.9. The second kappa shape index (κ2) is 2.72. The zero-order valence-corrected chi connectivity index (χ0v) is 8.08. The summed E-state index contributed by atoms with van der Waals surface area (Å²) in [6.07, 6.45) is -5.00. The van der Waals surface area contributed by atoms with Crippen molar-refractivity contribution in [1.29, 1.82) is 0 Å². The zero-order valence-electron chi connectivity index (χ0n) is 8.08. The molecule has 0 aromatic carbocycles. The van der Waals surface area contributed by atoms with E-state index < -0.39 is 28.9 Å². The Bertz CT molecular complexity index is 268. The number of halogens is 4. The first-order valence-corrected chi connectivity index (χ1v) is 4.24. The van der Waals surface area contributed by atoms with Gasteiger partial charge in [0, 0.05) is 17.9 Å². The molecule has 2 atom stereocenters. The molecule has 0 bridgehead atoms. The van der Waals surface area contributed by atoms with Crippen LogP contribution in [0.2, 0.25) is 0 Å². The van der Waals surface area contributed by atoms with Crippen LogP contribution >= 0.6 is 0 Å². The first-order valence-electron chi connectivity index (χ1n) is 4.24. The van der Waals surface area contributed by atoms with Gasteiger partial charge in [-0.05, 0) is 0 Å². The second-order valence-corrected chi connectivity index (χ2v) is 4.31. The summed E-state index contributed by atoms with van der Waals surface area (Å²) in [7, 11) is 0. The van der Waals surface area contributed by atoms with Crippen molar-refractivity contribution in [3.05, 3.63) is 12.2 Å². The molecule has 2 unspecified atom stereocenters. The minimum Gasteiger partial charge on any atom is -0.327 e. The van der Waals surface area contributed by atoms with Crippen molar-refractivity contribution in [1.82, 2.24) is 0 Å². The van der Waals surface area contributed by atoms with E-state index in [0.717, 1.165) is 0 Å². The Labute approximate surface area is 80.0 Å². The highest BCUT2D eigenvalue weighted by Crippen LogP contribution is 2.58. The van der Waals surface area contributed by atoms with Crippen LogP contribution < -0.4 is 5.73 Å². The smallest absolute Gasteiger partial charge is 0.327 e. The number of nitrogens with two attached hydrogens (primary N) is 1. The Morgan fingerprint density at radius 1 is 1.43 bits per heavy atom. The van der Waals surface area contributed by atoms with Crippen molar-refractivity contribution < 1.29 is 17.6 Å². The third-order valence-electron chi connectivity index (χ3n) is 3.27. The molecule has 1 nitrogen and oxygen atoms in total. The Morgan fingerprint density at radius 2 is 1.86 bits per heavy atom. The maximum Gasteiger partial charge on any atom is 0.415 e. The molecule has 1 saturated carbocycles. The fourth-order valence-corrected chi connectivity index (χ4v) is 1.72. The van der Waals surface area contributed by atoms with Crippen LogP contribution in [-0.2, 0) is 0 Å². The van der Waals surface area contributed by atoms with Gasteiger partial charge in [0.25, 0.3) is 0 Å². The minimum absolute atomic E-state index is 0.307. The Hall–Kier alpha value is -0.580. The Balaban J connectivity index is 2.96. The summed E-state index contributed by atoms with van der Waals surface area (Å²) >= 11 is 0. The predicted octanol–water partition coefficient (Wildman–Crippen LogP) is 2.57. The SMILES string of the molecule is C=C(C(F)(F)F)C1(F)CC(N)C1(C)C. The zero-order chi connectivity index (χ0) is 11.4. The minimum atomic E-state index is -4.69. The molecule has 5 heteroatoms. The fraction of sp³-hybridized carbons (Fsp3) is 0.778. The molecule has 0 saturated heterocycles. The van der Waals surface area contributed by atoms with Gasteiger partial charge in [-0.25, -0.2) is 4.39 Å². The van der Waals surface area contributed by atoms with Crippen molar-refractivity contribution in [3.63, 3.8) is 0 Å². The standard InChI is InChI=1S/C9H13F4N/c1-5(9(11,12)13)8(10)4-6(14)7(8,2)3/h6H,1,4,14H2,2-3H3. The van der Waals surface area contributed by atoms with Crippen LogP contribution in [-0.4, -0.2) is 17.9 Å². The van der Waals surface area contributed by atoms with Crippen LogP contribution in [0.3, 0.4) is 0 Å². The third-order valence-corrected chi connectivity index (χ3v) is 3.27. The van der Waals surface area contributed by atoms with E-state index in [0.29, 0.717) is 0 Å². The third kappa shape index (κ3) is 1.26. The molecule has 0 spiro atoms. The largest absolute Gasteiger partial charge is 0.415 e. The molecular weight excluding hydrogens is 198 g/mol. The van der Waals surface area contributed by atoms with E-state index in [4.69, 9.17) is 5.73 Å². The van der Waals surface area contributed by atoms with Gasteiger partial charge in [-0.15, -0.1) is 0 Å². The van der Waals surface area contributed by atoms with Crippen LogP contribution in [0, 0.1) is 5.41 Å². The molecule has 2 N–H and O–H groups in total. The topological polar surface area (TPSA) is 26.0 Å². The molecule has 1 aliphatic rings. The quantitative estimate of drug-likeness (QED) is 0.523. The van der Waals surface area contributed by atoms with E-state index >= 15 is 0 Å². The van der Waals surface area contributed by atoms with Gasteiger partial charge in [0.1, 0.15) is 5.67 Å². The highest BCUT2D eigenvalue weighted by Gasteiger charge is 2.65. The van der Waals surface area contributed by atoms with E-state index in [2.05, 4.69) is 6.58 Å².